The zero-order valence-corrected chi connectivity index (χ0v) is 12.6. The molecule has 0 radical (unpaired) electrons. The molecule has 0 saturated carbocycles. The smallest absolute Gasteiger partial charge is 0.224 e. The Hall–Kier alpha value is -0.650. The Balaban J connectivity index is 1.61. The molecule has 1 amide bonds. The molecule has 2 saturated heterocycles. The van der Waals surface area contributed by atoms with Crippen molar-refractivity contribution in [2.75, 3.05) is 39.5 Å². The number of amides is 1. The Labute approximate surface area is 122 Å². The van der Waals surface area contributed by atoms with Crippen LogP contribution in [0.4, 0.5) is 0 Å². The Bertz CT molecular complexity index is 291. The fourth-order valence-electron chi connectivity index (χ4n) is 2.94. The van der Waals surface area contributed by atoms with E-state index in [0.29, 0.717) is 31.8 Å². The minimum atomic E-state index is 0.248. The van der Waals surface area contributed by atoms with Crippen LogP contribution in [0.25, 0.3) is 0 Å². The van der Waals surface area contributed by atoms with Crippen LogP contribution in [0.5, 0.6) is 0 Å². The molecule has 0 spiro atoms. The number of nitrogens with zero attached hydrogens (tertiary/aromatic N) is 1. The summed E-state index contributed by atoms with van der Waals surface area (Å²) in [7, 11) is 0. The molecule has 2 rings (SSSR count). The molecule has 20 heavy (non-hydrogen) atoms. The summed E-state index contributed by atoms with van der Waals surface area (Å²) >= 11 is 0. The quantitative estimate of drug-likeness (QED) is 0.795. The monoisotopic (exact) mass is 284 g/mol. The van der Waals surface area contributed by atoms with Gasteiger partial charge in [-0.3, -0.25) is 4.79 Å². The van der Waals surface area contributed by atoms with E-state index < -0.39 is 0 Å². The topological polar surface area (TPSA) is 50.8 Å². The van der Waals surface area contributed by atoms with Gasteiger partial charge in [0.05, 0.1) is 19.3 Å². The summed E-state index contributed by atoms with van der Waals surface area (Å²) in [6, 6.07) is 0.512. The Kier molecular flexibility index (Phi) is 6.76. The Morgan fingerprint density at radius 1 is 1.30 bits per heavy atom. The molecule has 5 nitrogen and oxygen atoms in total. The molecule has 5 heteroatoms. The van der Waals surface area contributed by atoms with Gasteiger partial charge < -0.3 is 19.7 Å². The van der Waals surface area contributed by atoms with Crippen LogP contribution < -0.4 is 5.32 Å². The number of rotatable bonds is 6. The van der Waals surface area contributed by atoms with Crippen LogP contribution in [0, 0.1) is 0 Å². The van der Waals surface area contributed by atoms with E-state index in [0.717, 1.165) is 45.5 Å². The zero-order chi connectivity index (χ0) is 14.2. The van der Waals surface area contributed by atoms with Gasteiger partial charge in [0.2, 0.25) is 5.91 Å². The van der Waals surface area contributed by atoms with Crippen molar-refractivity contribution in [1.82, 2.24) is 10.2 Å². The van der Waals surface area contributed by atoms with Crippen LogP contribution in [0.2, 0.25) is 0 Å². The van der Waals surface area contributed by atoms with Crippen molar-refractivity contribution in [2.45, 2.75) is 51.2 Å². The van der Waals surface area contributed by atoms with Crippen molar-refractivity contribution in [3.63, 3.8) is 0 Å². The minimum absolute atomic E-state index is 0.248. The Morgan fingerprint density at radius 2 is 2.10 bits per heavy atom. The van der Waals surface area contributed by atoms with Crippen molar-refractivity contribution in [3.8, 4) is 0 Å². The van der Waals surface area contributed by atoms with E-state index in [1.807, 2.05) is 4.90 Å². The van der Waals surface area contributed by atoms with E-state index in [2.05, 4.69) is 12.2 Å². The van der Waals surface area contributed by atoms with E-state index in [4.69, 9.17) is 9.47 Å². The maximum atomic E-state index is 12.0. The van der Waals surface area contributed by atoms with Crippen molar-refractivity contribution in [1.29, 1.82) is 0 Å². The Morgan fingerprint density at radius 3 is 2.85 bits per heavy atom. The number of hydrogen-bond donors (Lipinski definition) is 1. The molecule has 116 valence electrons. The van der Waals surface area contributed by atoms with E-state index in [-0.39, 0.29) is 5.91 Å². The molecule has 2 atom stereocenters. The second-order valence-corrected chi connectivity index (χ2v) is 5.70. The third kappa shape index (κ3) is 5.04. The average Bonchev–Trinajstić information content (AvgIpc) is 2.49. The average molecular weight is 284 g/mol. The summed E-state index contributed by atoms with van der Waals surface area (Å²) in [5.41, 5.74) is 0. The summed E-state index contributed by atoms with van der Waals surface area (Å²) < 4.78 is 11.0. The van der Waals surface area contributed by atoms with Gasteiger partial charge in [-0.25, -0.2) is 0 Å². The largest absolute Gasteiger partial charge is 0.378 e. The van der Waals surface area contributed by atoms with Crippen LogP contribution >= 0.6 is 0 Å². The van der Waals surface area contributed by atoms with Crippen LogP contribution in [-0.4, -0.2) is 62.4 Å². The van der Waals surface area contributed by atoms with Crippen LogP contribution in [-0.2, 0) is 14.3 Å². The fourth-order valence-corrected chi connectivity index (χ4v) is 2.94. The molecule has 0 aromatic heterocycles. The standard InChI is InChI=1S/C15H28N2O3/c1-2-3-14-12-13(5-9-20-14)16-6-4-15(18)17-7-10-19-11-8-17/h13-14,16H,2-12H2,1H3. The first-order valence-corrected chi connectivity index (χ1v) is 8.00. The second kappa shape index (κ2) is 8.60. The maximum Gasteiger partial charge on any atom is 0.224 e. The molecule has 1 N–H and O–H groups in total. The third-order valence-electron chi connectivity index (χ3n) is 4.11. The first-order chi connectivity index (χ1) is 9.79. The van der Waals surface area contributed by atoms with Gasteiger partial charge in [0.25, 0.3) is 0 Å². The summed E-state index contributed by atoms with van der Waals surface area (Å²) in [6.07, 6.45) is 5.46. The highest BCUT2D eigenvalue weighted by Gasteiger charge is 2.22. The van der Waals surface area contributed by atoms with Crippen LogP contribution in [0.15, 0.2) is 0 Å². The summed E-state index contributed by atoms with van der Waals surface area (Å²) in [4.78, 5) is 13.9. The number of carbonyl (C=O) groups excluding carboxylic acids is 1. The lowest BCUT2D eigenvalue weighted by molar-refractivity contribution is -0.135. The predicted octanol–water partition coefficient (Wildman–Crippen LogP) is 1.17. The van der Waals surface area contributed by atoms with Gasteiger partial charge in [0.1, 0.15) is 0 Å². The van der Waals surface area contributed by atoms with Gasteiger partial charge in [0, 0.05) is 38.7 Å². The van der Waals surface area contributed by atoms with Gasteiger partial charge in [-0.05, 0) is 19.3 Å². The zero-order valence-electron chi connectivity index (χ0n) is 12.6. The SMILES string of the molecule is CCCC1CC(NCCC(=O)N2CCOCC2)CCO1. The van der Waals surface area contributed by atoms with Gasteiger partial charge in [-0.1, -0.05) is 13.3 Å². The summed E-state index contributed by atoms with van der Waals surface area (Å²) in [5, 5.41) is 3.52. The summed E-state index contributed by atoms with van der Waals surface area (Å²) in [5.74, 6) is 0.248. The highest BCUT2D eigenvalue weighted by atomic mass is 16.5. The van der Waals surface area contributed by atoms with Crippen LogP contribution in [0.1, 0.15) is 39.0 Å². The van der Waals surface area contributed by atoms with Crippen molar-refractivity contribution in [2.24, 2.45) is 0 Å². The highest BCUT2D eigenvalue weighted by molar-refractivity contribution is 5.76. The number of morpholine rings is 1. The van der Waals surface area contributed by atoms with Crippen LogP contribution in [0.3, 0.4) is 0 Å². The lowest BCUT2D eigenvalue weighted by Crippen LogP contribution is -2.43. The first-order valence-electron chi connectivity index (χ1n) is 8.00. The van der Waals surface area contributed by atoms with Gasteiger partial charge >= 0.3 is 0 Å². The lowest BCUT2D eigenvalue weighted by atomic mass is 10.00. The molecule has 0 aliphatic carbocycles. The second-order valence-electron chi connectivity index (χ2n) is 5.70. The molecule has 0 aromatic rings. The normalized spacial score (nSPS) is 27.6. The van der Waals surface area contributed by atoms with Gasteiger partial charge in [-0.2, -0.15) is 0 Å². The molecule has 2 unspecified atom stereocenters. The number of nitrogens with one attached hydrogen (secondary N) is 1. The molecule has 2 heterocycles. The minimum Gasteiger partial charge on any atom is -0.378 e. The molecule has 2 aliphatic rings. The third-order valence-corrected chi connectivity index (χ3v) is 4.11. The predicted molar refractivity (Wildman–Crippen MR) is 77.7 cm³/mol. The number of carbonyl (C=O) groups is 1. The van der Waals surface area contributed by atoms with E-state index in [9.17, 15) is 4.79 Å². The first kappa shape index (κ1) is 15.7. The molecular weight excluding hydrogens is 256 g/mol. The van der Waals surface area contributed by atoms with E-state index in [1.54, 1.807) is 0 Å². The number of hydrogen-bond acceptors (Lipinski definition) is 4. The van der Waals surface area contributed by atoms with Crippen molar-refractivity contribution in [3.05, 3.63) is 0 Å². The maximum absolute atomic E-state index is 12.0. The molecule has 2 fully saturated rings. The molecule has 0 aromatic carbocycles. The molecule has 0 bridgehead atoms. The molecular formula is C15H28N2O3. The fraction of sp³-hybridized carbons (Fsp3) is 0.933. The lowest BCUT2D eigenvalue weighted by Gasteiger charge is -2.31. The molecule has 2 aliphatic heterocycles. The van der Waals surface area contributed by atoms with Crippen molar-refractivity contribution >= 4 is 5.91 Å². The van der Waals surface area contributed by atoms with Gasteiger partial charge in [0.15, 0.2) is 0 Å². The number of ether oxygens (including phenoxy) is 2. The van der Waals surface area contributed by atoms with Gasteiger partial charge in [-0.15, -0.1) is 0 Å². The van der Waals surface area contributed by atoms with E-state index in [1.165, 1.54) is 6.42 Å². The highest BCUT2D eigenvalue weighted by Crippen LogP contribution is 2.17. The van der Waals surface area contributed by atoms with E-state index >= 15 is 0 Å². The summed E-state index contributed by atoms with van der Waals surface area (Å²) in [6.45, 7) is 6.67. The van der Waals surface area contributed by atoms with Crippen molar-refractivity contribution < 1.29 is 14.3 Å².